The van der Waals surface area contributed by atoms with Gasteiger partial charge in [-0.2, -0.15) is 0 Å². The number of hydrogen-bond donors (Lipinski definition) is 0. The zero-order valence-corrected chi connectivity index (χ0v) is 22.7. The Hall–Kier alpha value is -2.65. The van der Waals surface area contributed by atoms with Crippen molar-refractivity contribution in [1.29, 1.82) is 0 Å². The molecule has 0 atom stereocenters. The van der Waals surface area contributed by atoms with Crippen LogP contribution in [0.25, 0.3) is 6.08 Å². The first-order valence-corrected chi connectivity index (χ1v) is 12.6. The van der Waals surface area contributed by atoms with Crippen molar-refractivity contribution in [2.45, 2.75) is 26.4 Å². The third-order valence-electron chi connectivity index (χ3n) is 5.27. The van der Waals surface area contributed by atoms with Gasteiger partial charge in [-0.3, -0.25) is 0 Å². The van der Waals surface area contributed by atoms with Crippen molar-refractivity contribution in [3.05, 3.63) is 96.7 Å². The molecule has 0 aliphatic carbocycles. The van der Waals surface area contributed by atoms with Crippen LogP contribution < -0.4 is 9.47 Å². The van der Waals surface area contributed by atoms with E-state index in [0.29, 0.717) is 34.4 Å². The molecule has 3 aromatic carbocycles. The number of hydrogen-bond acceptors (Lipinski definition) is 5. The van der Waals surface area contributed by atoms with Crippen LogP contribution in [0, 0.1) is 3.57 Å². The molecule has 34 heavy (non-hydrogen) atoms. The molecule has 5 nitrogen and oxygen atoms in total. The van der Waals surface area contributed by atoms with E-state index in [1.54, 1.807) is 19.3 Å². The van der Waals surface area contributed by atoms with Gasteiger partial charge in [-0.15, -0.1) is 0 Å². The maximum absolute atomic E-state index is 12.5. The molecule has 4 rings (SSSR count). The van der Waals surface area contributed by atoms with Crippen LogP contribution in [0.15, 0.2) is 75.8 Å². The van der Waals surface area contributed by atoms with Gasteiger partial charge in [0.15, 0.2) is 17.2 Å². The van der Waals surface area contributed by atoms with E-state index >= 15 is 0 Å². The second-order valence-corrected chi connectivity index (χ2v) is 10.2. The average molecular weight is 632 g/mol. The smallest absolute Gasteiger partial charge is 0.363 e. The number of halogens is 2. The highest BCUT2D eigenvalue weighted by atomic mass is 127. The molecule has 7 heteroatoms. The van der Waals surface area contributed by atoms with E-state index in [0.717, 1.165) is 20.3 Å². The Labute approximate surface area is 221 Å². The van der Waals surface area contributed by atoms with Gasteiger partial charge in [-0.05, 0) is 104 Å². The van der Waals surface area contributed by atoms with Crippen LogP contribution in [0.2, 0.25) is 0 Å². The third-order valence-corrected chi connectivity index (χ3v) is 6.53. The Morgan fingerprint density at radius 2 is 1.88 bits per heavy atom. The zero-order chi connectivity index (χ0) is 24.2. The SMILES string of the molecule is COc1cc(/C=C2\N=C(c3ccc(C(C)C)cc3)OC2=O)cc(Br)c1OCc1cccc(I)c1. The van der Waals surface area contributed by atoms with E-state index < -0.39 is 5.97 Å². The number of cyclic esters (lactones) is 1. The average Bonchev–Trinajstić information content (AvgIpc) is 3.18. The number of carbonyl (C=O) groups excluding carboxylic acids is 1. The molecule has 0 unspecified atom stereocenters. The van der Waals surface area contributed by atoms with E-state index in [-0.39, 0.29) is 5.70 Å². The lowest BCUT2D eigenvalue weighted by Gasteiger charge is -2.14. The van der Waals surface area contributed by atoms with Crippen LogP contribution >= 0.6 is 38.5 Å². The Morgan fingerprint density at radius 3 is 2.56 bits per heavy atom. The van der Waals surface area contributed by atoms with Gasteiger partial charge in [0.25, 0.3) is 0 Å². The molecule has 0 fully saturated rings. The fourth-order valence-corrected chi connectivity index (χ4v) is 4.63. The van der Waals surface area contributed by atoms with Gasteiger partial charge in [0.2, 0.25) is 5.90 Å². The molecule has 0 N–H and O–H groups in total. The lowest BCUT2D eigenvalue weighted by atomic mass is 10.0. The van der Waals surface area contributed by atoms with Gasteiger partial charge in [0.05, 0.1) is 11.6 Å². The summed E-state index contributed by atoms with van der Waals surface area (Å²) in [6, 6.07) is 19.7. The van der Waals surface area contributed by atoms with Crippen molar-refractivity contribution >= 4 is 56.5 Å². The van der Waals surface area contributed by atoms with Gasteiger partial charge >= 0.3 is 5.97 Å². The van der Waals surface area contributed by atoms with Crippen LogP contribution in [0.4, 0.5) is 0 Å². The number of esters is 1. The van der Waals surface area contributed by atoms with Gasteiger partial charge in [0, 0.05) is 9.13 Å². The Balaban J connectivity index is 1.57. The summed E-state index contributed by atoms with van der Waals surface area (Å²) >= 11 is 5.84. The van der Waals surface area contributed by atoms with Crippen LogP contribution in [-0.2, 0) is 16.1 Å². The Kier molecular flexibility index (Phi) is 7.73. The fourth-order valence-electron chi connectivity index (χ4n) is 3.45. The van der Waals surface area contributed by atoms with Crippen LogP contribution in [0.1, 0.15) is 42.0 Å². The molecule has 0 bridgehead atoms. The highest BCUT2D eigenvalue weighted by Gasteiger charge is 2.24. The maximum Gasteiger partial charge on any atom is 0.363 e. The number of carbonyl (C=O) groups is 1. The number of benzene rings is 3. The normalized spacial score (nSPS) is 14.4. The Bertz CT molecular complexity index is 1280. The van der Waals surface area contributed by atoms with Crippen LogP contribution in [0.3, 0.4) is 0 Å². The predicted octanol–water partition coefficient (Wildman–Crippen LogP) is 7.11. The molecule has 0 radical (unpaired) electrons. The lowest BCUT2D eigenvalue weighted by Crippen LogP contribution is -2.05. The van der Waals surface area contributed by atoms with E-state index in [4.69, 9.17) is 14.2 Å². The van der Waals surface area contributed by atoms with Gasteiger partial charge in [-0.1, -0.05) is 38.1 Å². The number of ether oxygens (including phenoxy) is 3. The van der Waals surface area contributed by atoms with Gasteiger partial charge in [0.1, 0.15) is 6.61 Å². The van der Waals surface area contributed by atoms with Gasteiger partial charge in [-0.25, -0.2) is 9.79 Å². The third kappa shape index (κ3) is 5.70. The summed E-state index contributed by atoms with van der Waals surface area (Å²) in [5, 5.41) is 0. The number of rotatable bonds is 7. The van der Waals surface area contributed by atoms with Crippen molar-refractivity contribution in [1.82, 2.24) is 0 Å². The molecule has 174 valence electrons. The monoisotopic (exact) mass is 631 g/mol. The summed E-state index contributed by atoms with van der Waals surface area (Å²) in [7, 11) is 1.58. The number of methoxy groups -OCH3 is 1. The summed E-state index contributed by atoms with van der Waals surface area (Å²) in [6.07, 6.45) is 1.68. The molecule has 0 spiro atoms. The van der Waals surface area contributed by atoms with Gasteiger partial charge < -0.3 is 14.2 Å². The maximum atomic E-state index is 12.5. The summed E-state index contributed by atoms with van der Waals surface area (Å²) in [5.74, 6) is 1.38. The topological polar surface area (TPSA) is 57.1 Å². The Morgan fingerprint density at radius 1 is 1.12 bits per heavy atom. The first-order chi connectivity index (χ1) is 16.3. The van der Waals surface area contributed by atoms with Crippen molar-refractivity contribution in [3.63, 3.8) is 0 Å². The molecule has 0 aromatic heterocycles. The quantitative estimate of drug-likeness (QED) is 0.158. The first kappa shape index (κ1) is 24.5. The van der Waals surface area contributed by atoms with E-state index in [1.165, 1.54) is 5.56 Å². The molecule has 0 saturated carbocycles. The number of nitrogens with zero attached hydrogens (tertiary/aromatic N) is 1. The molecular formula is C27H23BrINO4. The largest absolute Gasteiger partial charge is 0.493 e. The van der Waals surface area contributed by atoms with Crippen molar-refractivity contribution in [3.8, 4) is 11.5 Å². The molecule has 0 saturated heterocycles. The molecule has 1 heterocycles. The second-order valence-electron chi connectivity index (χ2n) is 8.07. The summed E-state index contributed by atoms with van der Waals surface area (Å²) in [5.41, 5.74) is 4.00. The molecular weight excluding hydrogens is 609 g/mol. The lowest BCUT2D eigenvalue weighted by molar-refractivity contribution is -0.129. The number of aliphatic imine (C=N–C) groups is 1. The summed E-state index contributed by atoms with van der Waals surface area (Å²) < 4.78 is 18.9. The van der Waals surface area contributed by atoms with Crippen LogP contribution in [-0.4, -0.2) is 19.0 Å². The minimum Gasteiger partial charge on any atom is -0.493 e. The predicted molar refractivity (Wildman–Crippen MR) is 145 cm³/mol. The van der Waals surface area contributed by atoms with E-state index in [2.05, 4.69) is 63.4 Å². The molecule has 3 aromatic rings. The second kappa shape index (κ2) is 10.7. The molecule has 1 aliphatic rings. The first-order valence-electron chi connectivity index (χ1n) is 10.7. The van der Waals surface area contributed by atoms with Crippen LogP contribution in [0.5, 0.6) is 11.5 Å². The summed E-state index contributed by atoms with van der Waals surface area (Å²) in [4.78, 5) is 16.9. The van der Waals surface area contributed by atoms with E-state index in [1.807, 2.05) is 48.5 Å². The summed E-state index contributed by atoms with van der Waals surface area (Å²) in [6.45, 7) is 4.67. The minimum absolute atomic E-state index is 0.226. The fraction of sp³-hybridized carbons (Fsp3) is 0.185. The standard InChI is InChI=1S/C27H23BrINO4/c1-16(2)19-7-9-20(10-8-19)26-30-23(27(31)34-26)13-18-12-22(28)25(24(14-18)32-3)33-15-17-5-4-6-21(29)11-17/h4-14,16H,15H2,1-3H3/b23-13-. The van der Waals surface area contributed by atoms with Crippen molar-refractivity contribution in [2.75, 3.05) is 7.11 Å². The minimum atomic E-state index is -0.489. The highest BCUT2D eigenvalue weighted by molar-refractivity contribution is 14.1. The zero-order valence-electron chi connectivity index (χ0n) is 19.0. The van der Waals surface area contributed by atoms with E-state index in [9.17, 15) is 4.79 Å². The molecule has 1 aliphatic heterocycles. The highest BCUT2D eigenvalue weighted by Crippen LogP contribution is 2.38. The molecule has 0 amide bonds. The van der Waals surface area contributed by atoms with Crippen molar-refractivity contribution < 1.29 is 19.0 Å². The van der Waals surface area contributed by atoms with Crippen molar-refractivity contribution in [2.24, 2.45) is 4.99 Å².